The molecule has 0 unspecified atom stereocenters. The number of sulfonamides is 1. The van der Waals surface area contributed by atoms with E-state index in [-0.39, 0.29) is 22.3 Å². The number of anilines is 2. The quantitative estimate of drug-likeness (QED) is 0.315. The molecule has 0 amide bonds. The van der Waals surface area contributed by atoms with Crippen molar-refractivity contribution >= 4 is 21.7 Å². The molecule has 0 bridgehead atoms. The van der Waals surface area contributed by atoms with Crippen LogP contribution in [0.1, 0.15) is 30.7 Å². The summed E-state index contributed by atoms with van der Waals surface area (Å²) in [6, 6.07) is 13.0. The molecular formula is C26H27FN4O4S. The molecule has 4 rings (SSSR count). The predicted octanol–water partition coefficient (Wildman–Crippen LogP) is 5.65. The predicted molar refractivity (Wildman–Crippen MR) is 136 cm³/mol. The molecule has 10 heteroatoms. The van der Waals surface area contributed by atoms with Gasteiger partial charge in [0, 0.05) is 18.0 Å². The molecule has 0 saturated carbocycles. The second-order valence-corrected chi connectivity index (χ2v) is 10.5. The zero-order valence-corrected chi connectivity index (χ0v) is 21.4. The Labute approximate surface area is 209 Å². The smallest absolute Gasteiger partial charge is 0.296 e. The Bertz CT molecular complexity index is 1480. The summed E-state index contributed by atoms with van der Waals surface area (Å²) < 4.78 is 54.5. The normalized spacial score (nSPS) is 11.8. The molecule has 36 heavy (non-hydrogen) atoms. The van der Waals surface area contributed by atoms with E-state index in [2.05, 4.69) is 20.0 Å². The lowest BCUT2D eigenvalue weighted by atomic mass is 9.96. The van der Waals surface area contributed by atoms with Gasteiger partial charge in [0.1, 0.15) is 16.5 Å². The second-order valence-electron chi connectivity index (χ2n) is 8.83. The third-order valence-corrected chi connectivity index (χ3v) is 7.14. The number of benzene rings is 2. The summed E-state index contributed by atoms with van der Waals surface area (Å²) in [7, 11) is -2.84. The number of nitrogens with one attached hydrogen (secondary N) is 2. The Balaban J connectivity index is 1.70. The van der Waals surface area contributed by atoms with Gasteiger partial charge in [-0.15, -0.1) is 0 Å². The average Bonchev–Trinajstić information content (AvgIpc) is 3.20. The highest BCUT2D eigenvalue weighted by atomic mass is 32.2. The number of oxazole rings is 1. The van der Waals surface area contributed by atoms with Gasteiger partial charge >= 0.3 is 0 Å². The van der Waals surface area contributed by atoms with Crippen LogP contribution >= 0.6 is 0 Å². The molecule has 2 N–H and O–H groups in total. The van der Waals surface area contributed by atoms with Gasteiger partial charge < -0.3 is 14.5 Å². The van der Waals surface area contributed by atoms with E-state index in [1.165, 1.54) is 31.4 Å². The standard InChI is InChI=1S/C26H27FN4O4S/c1-16-8-6-10-20(27)23(16)31-36(32,33)22-14-18(11-12-21(22)34-5)24-17(2)29-25(35-24)30-26(3,4)19-9-7-13-28-15-19/h6-15,31H,1-5H3,(H,29,30). The zero-order chi connectivity index (χ0) is 26.1. The van der Waals surface area contributed by atoms with Crippen LogP contribution in [0.2, 0.25) is 0 Å². The first-order chi connectivity index (χ1) is 17.0. The lowest BCUT2D eigenvalue weighted by Crippen LogP contribution is -2.28. The maximum atomic E-state index is 14.3. The number of halogens is 1. The van der Waals surface area contributed by atoms with Gasteiger partial charge in [0.15, 0.2) is 5.76 Å². The zero-order valence-electron chi connectivity index (χ0n) is 20.6. The molecule has 2 aromatic heterocycles. The van der Waals surface area contributed by atoms with Crippen molar-refractivity contribution in [3.63, 3.8) is 0 Å². The molecule has 0 fully saturated rings. The van der Waals surface area contributed by atoms with Crippen LogP contribution in [0.3, 0.4) is 0 Å². The van der Waals surface area contributed by atoms with E-state index in [0.29, 0.717) is 22.6 Å². The van der Waals surface area contributed by atoms with E-state index in [4.69, 9.17) is 9.15 Å². The van der Waals surface area contributed by atoms with E-state index in [1.807, 2.05) is 26.0 Å². The SMILES string of the molecule is COc1ccc(-c2oc(NC(C)(C)c3cccnc3)nc2C)cc1S(=O)(=O)Nc1c(C)cccc1F. The van der Waals surface area contributed by atoms with Gasteiger partial charge in [-0.2, -0.15) is 4.98 Å². The van der Waals surface area contributed by atoms with Crippen LogP contribution < -0.4 is 14.8 Å². The second kappa shape index (κ2) is 9.62. The summed E-state index contributed by atoms with van der Waals surface area (Å²) in [5.41, 5.74) is 1.77. The third-order valence-electron chi connectivity index (χ3n) is 5.77. The maximum absolute atomic E-state index is 14.3. The van der Waals surface area contributed by atoms with Crippen LogP contribution in [-0.2, 0) is 15.6 Å². The molecule has 2 heterocycles. The molecular weight excluding hydrogens is 483 g/mol. The van der Waals surface area contributed by atoms with E-state index < -0.39 is 21.4 Å². The molecule has 0 aliphatic heterocycles. The fourth-order valence-corrected chi connectivity index (χ4v) is 5.10. The number of para-hydroxylation sites is 1. The number of nitrogens with zero attached hydrogens (tertiary/aromatic N) is 2. The van der Waals surface area contributed by atoms with Crippen LogP contribution in [-0.4, -0.2) is 25.5 Å². The minimum Gasteiger partial charge on any atom is -0.495 e. The Morgan fingerprint density at radius 2 is 1.86 bits per heavy atom. The first-order valence-electron chi connectivity index (χ1n) is 11.1. The molecule has 0 spiro atoms. The first-order valence-corrected chi connectivity index (χ1v) is 12.6. The van der Waals surface area contributed by atoms with E-state index in [9.17, 15) is 12.8 Å². The molecule has 188 valence electrons. The van der Waals surface area contributed by atoms with Crippen LogP contribution in [0.4, 0.5) is 16.1 Å². The van der Waals surface area contributed by atoms with Crippen molar-refractivity contribution in [1.29, 1.82) is 0 Å². The Hall–Kier alpha value is -3.92. The van der Waals surface area contributed by atoms with Crippen molar-refractivity contribution < 1.29 is 22.0 Å². The van der Waals surface area contributed by atoms with Gasteiger partial charge in [-0.3, -0.25) is 9.71 Å². The molecule has 0 aliphatic rings. The van der Waals surface area contributed by atoms with Gasteiger partial charge in [-0.05, 0) is 69.2 Å². The lowest BCUT2D eigenvalue weighted by molar-refractivity contribution is 0.403. The number of aromatic nitrogens is 2. The number of hydrogen-bond donors (Lipinski definition) is 2. The van der Waals surface area contributed by atoms with Gasteiger partial charge in [0.25, 0.3) is 16.0 Å². The van der Waals surface area contributed by atoms with Crippen LogP contribution in [0.5, 0.6) is 5.75 Å². The molecule has 2 aromatic carbocycles. The topological polar surface area (TPSA) is 106 Å². The molecule has 8 nitrogen and oxygen atoms in total. The molecule has 4 aromatic rings. The largest absolute Gasteiger partial charge is 0.495 e. The maximum Gasteiger partial charge on any atom is 0.296 e. The summed E-state index contributed by atoms with van der Waals surface area (Å²) in [4.78, 5) is 8.48. The van der Waals surface area contributed by atoms with Gasteiger partial charge in [-0.1, -0.05) is 18.2 Å². The molecule has 0 radical (unpaired) electrons. The van der Waals surface area contributed by atoms with Crippen molar-refractivity contribution in [3.8, 4) is 17.1 Å². The number of hydrogen-bond acceptors (Lipinski definition) is 7. The molecule has 0 aliphatic carbocycles. The number of aryl methyl sites for hydroxylation is 2. The fourth-order valence-electron chi connectivity index (χ4n) is 3.77. The number of methoxy groups -OCH3 is 1. The van der Waals surface area contributed by atoms with Gasteiger partial charge in [0.05, 0.1) is 24.0 Å². The Morgan fingerprint density at radius 3 is 2.53 bits per heavy atom. The average molecular weight is 511 g/mol. The highest BCUT2D eigenvalue weighted by Crippen LogP contribution is 2.35. The van der Waals surface area contributed by atoms with Gasteiger partial charge in [-0.25, -0.2) is 12.8 Å². The van der Waals surface area contributed by atoms with Crippen molar-refractivity contribution in [2.24, 2.45) is 0 Å². The minimum absolute atomic E-state index is 0.105. The summed E-state index contributed by atoms with van der Waals surface area (Å²) in [6.45, 7) is 7.32. The highest BCUT2D eigenvalue weighted by molar-refractivity contribution is 7.92. The monoisotopic (exact) mass is 510 g/mol. The highest BCUT2D eigenvalue weighted by Gasteiger charge is 2.26. The summed E-state index contributed by atoms with van der Waals surface area (Å²) in [5.74, 6) is -0.180. The van der Waals surface area contributed by atoms with Crippen molar-refractivity contribution in [1.82, 2.24) is 9.97 Å². The van der Waals surface area contributed by atoms with Crippen molar-refractivity contribution in [2.45, 2.75) is 38.1 Å². The van der Waals surface area contributed by atoms with E-state index in [1.54, 1.807) is 38.4 Å². The first kappa shape index (κ1) is 25.2. The Morgan fingerprint density at radius 1 is 1.08 bits per heavy atom. The number of pyridine rings is 1. The Kier molecular flexibility index (Phi) is 6.73. The van der Waals surface area contributed by atoms with Gasteiger partial charge in [0.2, 0.25) is 0 Å². The summed E-state index contributed by atoms with van der Waals surface area (Å²) in [6.07, 6.45) is 3.46. The van der Waals surface area contributed by atoms with Crippen LogP contribution in [0.15, 0.2) is 70.2 Å². The number of rotatable bonds is 8. The fraction of sp³-hybridized carbons (Fsp3) is 0.231. The molecule has 0 atom stereocenters. The number of ether oxygens (including phenoxy) is 1. The van der Waals surface area contributed by atoms with Crippen LogP contribution in [0, 0.1) is 19.7 Å². The van der Waals surface area contributed by atoms with Crippen molar-refractivity contribution in [3.05, 3.63) is 83.6 Å². The van der Waals surface area contributed by atoms with E-state index in [0.717, 1.165) is 5.56 Å². The van der Waals surface area contributed by atoms with Crippen molar-refractivity contribution in [2.75, 3.05) is 17.1 Å². The molecule has 0 saturated heterocycles. The minimum atomic E-state index is -4.20. The van der Waals surface area contributed by atoms with Crippen LogP contribution in [0.25, 0.3) is 11.3 Å². The van der Waals surface area contributed by atoms with E-state index >= 15 is 0 Å². The lowest BCUT2D eigenvalue weighted by Gasteiger charge is -2.25. The summed E-state index contributed by atoms with van der Waals surface area (Å²) >= 11 is 0. The summed E-state index contributed by atoms with van der Waals surface area (Å²) in [5, 5.41) is 3.26. The third kappa shape index (κ3) is 5.03.